The highest BCUT2D eigenvalue weighted by Crippen LogP contribution is 2.44. The molecule has 32 heavy (non-hydrogen) atoms. The van der Waals surface area contributed by atoms with Crippen LogP contribution in [0.3, 0.4) is 0 Å². The molecule has 1 atom stereocenters. The smallest absolute Gasteiger partial charge is 0.165 e. The Bertz CT molecular complexity index is 1330. The lowest BCUT2D eigenvalue weighted by atomic mass is 9.90. The third-order valence-corrected chi connectivity index (χ3v) is 5.92. The van der Waals surface area contributed by atoms with Crippen molar-refractivity contribution in [3.63, 3.8) is 0 Å². The number of pyridine rings is 1. The number of aromatic hydroxyl groups is 1. The number of hydrogen-bond donors (Lipinski definition) is 3. The summed E-state index contributed by atoms with van der Waals surface area (Å²) in [5.74, 6) is -2.20. The number of phenolic OH excluding ortho intramolecular Hbond substituents is 1. The number of fused-ring (bicyclic) bond motifs is 1. The fourth-order valence-corrected chi connectivity index (χ4v) is 4.10. The van der Waals surface area contributed by atoms with Crippen molar-refractivity contribution >= 4 is 16.7 Å². The van der Waals surface area contributed by atoms with Crippen LogP contribution in [-0.4, -0.2) is 39.2 Å². The Labute approximate surface area is 181 Å². The highest BCUT2D eigenvalue weighted by atomic mass is 19.1. The molecule has 2 aromatic heterocycles. The second kappa shape index (κ2) is 7.52. The van der Waals surface area contributed by atoms with Crippen molar-refractivity contribution < 1.29 is 18.3 Å². The van der Waals surface area contributed by atoms with Crippen molar-refractivity contribution in [2.75, 3.05) is 18.0 Å². The van der Waals surface area contributed by atoms with Gasteiger partial charge in [0.1, 0.15) is 17.2 Å². The number of hydrogen-bond acceptors (Lipinski definition) is 5. The first-order valence-corrected chi connectivity index (χ1v) is 10.1. The van der Waals surface area contributed by atoms with Gasteiger partial charge in [0, 0.05) is 54.6 Å². The Morgan fingerprint density at radius 2 is 1.84 bits per heavy atom. The van der Waals surface area contributed by atoms with Gasteiger partial charge in [0.25, 0.3) is 0 Å². The molecule has 1 fully saturated rings. The minimum Gasteiger partial charge on any atom is -0.504 e. The molecule has 0 spiro atoms. The number of aromatic amines is 1. The molecule has 4 aromatic rings. The number of aromatic nitrogens is 3. The number of benzene rings is 2. The number of rotatable bonds is 4. The molecule has 0 radical (unpaired) electrons. The van der Waals surface area contributed by atoms with Gasteiger partial charge in [-0.2, -0.15) is 0 Å². The number of nitrogens with one attached hydrogen (secondary N) is 1. The number of nitrogens with two attached hydrogens (primary N) is 1. The standard InChI is InChI=1S/C23H20F3N5O/c1-11(27)12-9-31(10-12)21-15(14-3-2-4-17(25)22(14)32)7-28-8-16(21)23-29-19-6-13(24)5-18(26)20(19)30-23/h2-8,11-12,32H,9-10,27H2,1H3,(H,29,30). The molecule has 1 aliphatic rings. The minimum absolute atomic E-state index is 0.00317. The zero-order valence-corrected chi connectivity index (χ0v) is 17.1. The average Bonchev–Trinajstić information content (AvgIpc) is 3.13. The predicted molar refractivity (Wildman–Crippen MR) is 116 cm³/mol. The summed E-state index contributed by atoms with van der Waals surface area (Å²) in [4.78, 5) is 13.6. The van der Waals surface area contributed by atoms with Gasteiger partial charge in [0.2, 0.25) is 0 Å². The molecule has 0 amide bonds. The summed E-state index contributed by atoms with van der Waals surface area (Å²) in [7, 11) is 0. The van der Waals surface area contributed by atoms with Gasteiger partial charge in [-0.3, -0.25) is 4.98 Å². The summed E-state index contributed by atoms with van der Waals surface area (Å²) in [6.45, 7) is 3.22. The van der Waals surface area contributed by atoms with Crippen LogP contribution in [0.1, 0.15) is 6.92 Å². The van der Waals surface area contributed by atoms with Crippen LogP contribution in [0.15, 0.2) is 42.7 Å². The predicted octanol–water partition coefficient (Wildman–Crippen LogP) is 4.20. The molecule has 1 unspecified atom stereocenters. The molecular formula is C23H20F3N5O. The fourth-order valence-electron chi connectivity index (χ4n) is 4.10. The quantitative estimate of drug-likeness (QED) is 0.443. The molecule has 6 nitrogen and oxygen atoms in total. The van der Waals surface area contributed by atoms with Gasteiger partial charge in [0.15, 0.2) is 17.4 Å². The highest BCUT2D eigenvalue weighted by Gasteiger charge is 2.34. The molecular weight excluding hydrogens is 419 g/mol. The van der Waals surface area contributed by atoms with E-state index >= 15 is 0 Å². The number of para-hydroxylation sites is 1. The Balaban J connectivity index is 1.71. The zero-order valence-electron chi connectivity index (χ0n) is 17.1. The largest absolute Gasteiger partial charge is 0.504 e. The van der Waals surface area contributed by atoms with Crippen molar-refractivity contribution in [1.29, 1.82) is 0 Å². The second-order valence-electron chi connectivity index (χ2n) is 8.11. The SMILES string of the molecule is CC(N)C1CN(c2c(-c3nc4c(F)cc(F)cc4[nH]3)cncc2-c2cccc(F)c2O)C1. The van der Waals surface area contributed by atoms with E-state index in [0.29, 0.717) is 29.9 Å². The molecule has 1 aliphatic heterocycles. The van der Waals surface area contributed by atoms with E-state index < -0.39 is 23.2 Å². The Morgan fingerprint density at radius 3 is 2.59 bits per heavy atom. The van der Waals surface area contributed by atoms with Crippen LogP contribution in [-0.2, 0) is 0 Å². The van der Waals surface area contributed by atoms with Crippen molar-refractivity contribution in [2.24, 2.45) is 11.7 Å². The number of anilines is 1. The highest BCUT2D eigenvalue weighted by molar-refractivity contribution is 5.92. The first kappa shape index (κ1) is 20.3. The van der Waals surface area contributed by atoms with Crippen molar-refractivity contribution in [3.8, 4) is 28.3 Å². The minimum atomic E-state index is -0.781. The van der Waals surface area contributed by atoms with Crippen LogP contribution in [0, 0.1) is 23.4 Å². The summed E-state index contributed by atoms with van der Waals surface area (Å²) in [5, 5.41) is 10.4. The zero-order chi connectivity index (χ0) is 22.6. The maximum atomic E-state index is 14.3. The Hall–Kier alpha value is -3.59. The monoisotopic (exact) mass is 439 g/mol. The molecule has 0 bridgehead atoms. The Morgan fingerprint density at radius 1 is 1.09 bits per heavy atom. The molecule has 0 saturated carbocycles. The van der Waals surface area contributed by atoms with E-state index in [4.69, 9.17) is 5.73 Å². The molecule has 4 N–H and O–H groups in total. The molecule has 5 rings (SSSR count). The van der Waals surface area contributed by atoms with E-state index in [1.54, 1.807) is 12.3 Å². The van der Waals surface area contributed by atoms with E-state index in [-0.39, 0.29) is 34.4 Å². The molecule has 9 heteroatoms. The summed E-state index contributed by atoms with van der Waals surface area (Å²) >= 11 is 0. The van der Waals surface area contributed by atoms with Crippen molar-refractivity contribution in [2.45, 2.75) is 13.0 Å². The number of imidazole rings is 1. The topological polar surface area (TPSA) is 91.1 Å². The van der Waals surface area contributed by atoms with Crippen LogP contribution in [0.4, 0.5) is 18.9 Å². The first-order valence-electron chi connectivity index (χ1n) is 10.1. The average molecular weight is 439 g/mol. The first-order chi connectivity index (χ1) is 15.3. The summed E-state index contributed by atoms with van der Waals surface area (Å²) in [6.07, 6.45) is 3.09. The number of nitrogens with zero attached hydrogens (tertiary/aromatic N) is 3. The van der Waals surface area contributed by atoms with Crippen molar-refractivity contribution in [1.82, 2.24) is 15.0 Å². The molecule has 0 aliphatic carbocycles. The van der Waals surface area contributed by atoms with Crippen LogP contribution < -0.4 is 10.6 Å². The lowest BCUT2D eigenvalue weighted by Crippen LogP contribution is -2.54. The van der Waals surface area contributed by atoms with Crippen LogP contribution in [0.25, 0.3) is 33.5 Å². The molecule has 164 valence electrons. The fraction of sp³-hybridized carbons (Fsp3) is 0.217. The maximum absolute atomic E-state index is 14.3. The Kier molecular flexibility index (Phi) is 4.78. The molecule has 1 saturated heterocycles. The van der Waals surface area contributed by atoms with Gasteiger partial charge >= 0.3 is 0 Å². The summed E-state index contributed by atoms with van der Waals surface area (Å²) < 4.78 is 42.1. The van der Waals surface area contributed by atoms with E-state index in [1.165, 1.54) is 24.4 Å². The van der Waals surface area contributed by atoms with Crippen LogP contribution in [0.5, 0.6) is 5.75 Å². The lowest BCUT2D eigenvalue weighted by Gasteiger charge is -2.44. The van der Waals surface area contributed by atoms with E-state index in [1.807, 2.05) is 11.8 Å². The van der Waals surface area contributed by atoms with Crippen molar-refractivity contribution in [3.05, 3.63) is 60.2 Å². The van der Waals surface area contributed by atoms with Gasteiger partial charge in [-0.25, -0.2) is 18.2 Å². The normalized spacial score (nSPS) is 15.2. The van der Waals surface area contributed by atoms with E-state index in [2.05, 4.69) is 15.0 Å². The van der Waals surface area contributed by atoms with Gasteiger partial charge in [-0.05, 0) is 19.1 Å². The van der Waals surface area contributed by atoms with E-state index in [0.717, 1.165) is 6.07 Å². The van der Waals surface area contributed by atoms with Crippen LogP contribution in [0.2, 0.25) is 0 Å². The molecule has 3 heterocycles. The molecule has 2 aromatic carbocycles. The van der Waals surface area contributed by atoms with Crippen LogP contribution >= 0.6 is 0 Å². The number of H-pyrrole nitrogens is 1. The van der Waals surface area contributed by atoms with Gasteiger partial charge in [-0.15, -0.1) is 0 Å². The third-order valence-electron chi connectivity index (χ3n) is 5.92. The van der Waals surface area contributed by atoms with E-state index in [9.17, 15) is 18.3 Å². The summed E-state index contributed by atoms with van der Waals surface area (Å²) in [5.41, 5.74) is 8.18. The maximum Gasteiger partial charge on any atom is 0.165 e. The third kappa shape index (κ3) is 3.25. The number of phenols is 1. The second-order valence-corrected chi connectivity index (χ2v) is 8.11. The van der Waals surface area contributed by atoms with Gasteiger partial charge in [0.05, 0.1) is 16.8 Å². The number of halogens is 3. The summed E-state index contributed by atoms with van der Waals surface area (Å²) in [6, 6.07) is 6.20. The van der Waals surface area contributed by atoms with Gasteiger partial charge in [-0.1, -0.05) is 12.1 Å². The lowest BCUT2D eigenvalue weighted by molar-refractivity contribution is 0.355. The van der Waals surface area contributed by atoms with Gasteiger partial charge < -0.3 is 20.7 Å².